The molecule has 0 bridgehead atoms. The van der Waals surface area contributed by atoms with E-state index >= 15 is 0 Å². The lowest BCUT2D eigenvalue weighted by atomic mass is 10.2. The number of ether oxygens (including phenoxy) is 2. The fourth-order valence-electron chi connectivity index (χ4n) is 1.82. The minimum Gasteiger partial charge on any atom is -0.497 e. The molecule has 0 aliphatic carbocycles. The first kappa shape index (κ1) is 14.6. The van der Waals surface area contributed by atoms with Crippen molar-refractivity contribution in [2.24, 2.45) is 0 Å². The van der Waals surface area contributed by atoms with Crippen molar-refractivity contribution in [2.75, 3.05) is 19.5 Å². The van der Waals surface area contributed by atoms with Gasteiger partial charge in [-0.05, 0) is 12.1 Å². The van der Waals surface area contributed by atoms with Gasteiger partial charge < -0.3 is 19.9 Å². The number of aromatic nitrogens is 2. The maximum absolute atomic E-state index is 11.1. The Labute approximate surface area is 121 Å². The van der Waals surface area contributed by atoms with Gasteiger partial charge in [0.1, 0.15) is 17.8 Å². The van der Waals surface area contributed by atoms with Crippen molar-refractivity contribution >= 4 is 11.7 Å². The molecule has 2 rings (SSSR count). The Morgan fingerprint density at radius 3 is 2.81 bits per heavy atom. The first-order valence-electron chi connectivity index (χ1n) is 6.13. The topological polar surface area (TPSA) is 93.6 Å². The second kappa shape index (κ2) is 6.56. The summed E-state index contributed by atoms with van der Waals surface area (Å²) < 4.78 is 10.4. The molecule has 0 aliphatic heterocycles. The highest BCUT2D eigenvalue weighted by molar-refractivity contribution is 5.91. The smallest absolute Gasteiger partial charge is 0.356 e. The highest BCUT2D eigenvalue weighted by Gasteiger charge is 2.12. The summed E-state index contributed by atoms with van der Waals surface area (Å²) in [4.78, 5) is 18.6. The van der Waals surface area contributed by atoms with Gasteiger partial charge in [-0.3, -0.25) is 0 Å². The Morgan fingerprint density at radius 1 is 1.33 bits per heavy atom. The molecule has 110 valence electrons. The van der Waals surface area contributed by atoms with Crippen LogP contribution >= 0.6 is 0 Å². The zero-order chi connectivity index (χ0) is 15.2. The van der Waals surface area contributed by atoms with Crippen molar-refractivity contribution in [3.63, 3.8) is 0 Å². The summed E-state index contributed by atoms with van der Waals surface area (Å²) in [6.45, 7) is 0.376. The minimum absolute atomic E-state index is 0.0718. The standard InChI is InChI=1S/C14H15N3O4/c1-20-10-4-3-9(12(5-10)21-2)6-16-11-7-15-8-17-13(11)14(18)19/h3-5,7-8,16H,6H2,1-2H3,(H,18,19). The van der Waals surface area contributed by atoms with Crippen LogP contribution in [0, 0.1) is 0 Å². The SMILES string of the molecule is COc1ccc(CNc2cncnc2C(=O)O)c(OC)c1. The summed E-state index contributed by atoms with van der Waals surface area (Å²) >= 11 is 0. The summed E-state index contributed by atoms with van der Waals surface area (Å²) in [5.74, 6) is 0.224. The maximum atomic E-state index is 11.1. The zero-order valence-corrected chi connectivity index (χ0v) is 11.7. The molecule has 0 aliphatic rings. The van der Waals surface area contributed by atoms with Gasteiger partial charge >= 0.3 is 5.97 Å². The molecule has 1 heterocycles. The van der Waals surface area contributed by atoms with E-state index < -0.39 is 5.97 Å². The average Bonchev–Trinajstić information content (AvgIpc) is 2.52. The molecular formula is C14H15N3O4. The molecule has 0 unspecified atom stereocenters. The van der Waals surface area contributed by atoms with Crippen molar-refractivity contribution < 1.29 is 19.4 Å². The molecule has 21 heavy (non-hydrogen) atoms. The first-order chi connectivity index (χ1) is 10.2. The van der Waals surface area contributed by atoms with Crippen LogP contribution in [0.25, 0.3) is 0 Å². The van der Waals surface area contributed by atoms with Gasteiger partial charge in [-0.2, -0.15) is 0 Å². The lowest BCUT2D eigenvalue weighted by molar-refractivity contribution is 0.0691. The van der Waals surface area contributed by atoms with Crippen molar-refractivity contribution in [3.05, 3.63) is 42.0 Å². The van der Waals surface area contributed by atoms with Crippen LogP contribution in [0.4, 0.5) is 5.69 Å². The molecule has 0 atom stereocenters. The third-order valence-electron chi connectivity index (χ3n) is 2.88. The van der Waals surface area contributed by atoms with Crippen LogP contribution in [0.3, 0.4) is 0 Å². The van der Waals surface area contributed by atoms with E-state index in [1.54, 1.807) is 26.4 Å². The van der Waals surface area contributed by atoms with Gasteiger partial charge in [0.05, 0.1) is 26.1 Å². The fraction of sp³-hybridized carbons (Fsp3) is 0.214. The lowest BCUT2D eigenvalue weighted by Gasteiger charge is -2.12. The van der Waals surface area contributed by atoms with Crippen molar-refractivity contribution in [3.8, 4) is 11.5 Å². The van der Waals surface area contributed by atoms with E-state index in [4.69, 9.17) is 14.6 Å². The van der Waals surface area contributed by atoms with Crippen LogP contribution in [0.5, 0.6) is 11.5 Å². The van der Waals surface area contributed by atoms with Crippen LogP contribution in [-0.4, -0.2) is 35.3 Å². The third-order valence-corrected chi connectivity index (χ3v) is 2.88. The molecule has 7 heteroatoms. The number of carboxylic acids is 1. The van der Waals surface area contributed by atoms with Gasteiger partial charge in [0.2, 0.25) is 0 Å². The molecule has 1 aromatic heterocycles. The lowest BCUT2D eigenvalue weighted by Crippen LogP contribution is -2.09. The van der Waals surface area contributed by atoms with Crippen LogP contribution < -0.4 is 14.8 Å². The quantitative estimate of drug-likeness (QED) is 0.837. The van der Waals surface area contributed by atoms with E-state index in [-0.39, 0.29) is 5.69 Å². The summed E-state index contributed by atoms with van der Waals surface area (Å²) in [5, 5.41) is 12.1. The monoisotopic (exact) mass is 289 g/mol. The number of nitrogens with one attached hydrogen (secondary N) is 1. The second-order valence-electron chi connectivity index (χ2n) is 4.12. The van der Waals surface area contributed by atoms with Crippen LogP contribution in [0.1, 0.15) is 16.1 Å². The Kier molecular flexibility index (Phi) is 4.55. The van der Waals surface area contributed by atoms with Gasteiger partial charge in [0.15, 0.2) is 5.69 Å². The molecule has 0 amide bonds. The predicted octanol–water partition coefficient (Wildman–Crippen LogP) is 1.80. The molecule has 2 N–H and O–H groups in total. The normalized spacial score (nSPS) is 10.0. The molecule has 7 nitrogen and oxygen atoms in total. The summed E-state index contributed by atoms with van der Waals surface area (Å²) in [5.41, 5.74) is 1.14. The summed E-state index contributed by atoms with van der Waals surface area (Å²) in [6, 6.07) is 5.41. The number of carboxylic acid groups (broad SMARTS) is 1. The zero-order valence-electron chi connectivity index (χ0n) is 11.7. The van der Waals surface area contributed by atoms with Gasteiger partial charge in [0.25, 0.3) is 0 Å². The van der Waals surface area contributed by atoms with Gasteiger partial charge in [-0.25, -0.2) is 14.8 Å². The van der Waals surface area contributed by atoms with E-state index in [9.17, 15) is 4.79 Å². The number of carbonyl (C=O) groups is 1. The Bertz CT molecular complexity index is 646. The van der Waals surface area contributed by atoms with Crippen molar-refractivity contribution in [2.45, 2.75) is 6.54 Å². The molecule has 2 aromatic rings. The number of aromatic carboxylic acids is 1. The number of hydrogen-bond donors (Lipinski definition) is 2. The molecular weight excluding hydrogens is 274 g/mol. The molecule has 0 radical (unpaired) electrons. The molecule has 0 spiro atoms. The third kappa shape index (κ3) is 3.38. The molecule has 0 saturated carbocycles. The molecule has 0 saturated heterocycles. The fourth-order valence-corrected chi connectivity index (χ4v) is 1.82. The highest BCUT2D eigenvalue weighted by atomic mass is 16.5. The van der Waals surface area contributed by atoms with E-state index in [2.05, 4.69) is 15.3 Å². The highest BCUT2D eigenvalue weighted by Crippen LogP contribution is 2.25. The van der Waals surface area contributed by atoms with Gasteiger partial charge in [-0.1, -0.05) is 0 Å². The number of benzene rings is 1. The average molecular weight is 289 g/mol. The van der Waals surface area contributed by atoms with Crippen molar-refractivity contribution in [1.29, 1.82) is 0 Å². The van der Waals surface area contributed by atoms with E-state index in [0.717, 1.165) is 5.56 Å². The Morgan fingerprint density at radius 2 is 2.14 bits per heavy atom. The number of methoxy groups -OCH3 is 2. The molecule has 0 fully saturated rings. The van der Waals surface area contributed by atoms with E-state index in [1.807, 2.05) is 6.07 Å². The number of rotatable bonds is 6. The largest absolute Gasteiger partial charge is 0.497 e. The summed E-state index contributed by atoms with van der Waals surface area (Å²) in [6.07, 6.45) is 2.62. The Hall–Kier alpha value is -2.83. The van der Waals surface area contributed by atoms with Crippen LogP contribution in [-0.2, 0) is 6.54 Å². The van der Waals surface area contributed by atoms with Gasteiger partial charge in [0, 0.05) is 18.2 Å². The Balaban J connectivity index is 2.19. The maximum Gasteiger partial charge on any atom is 0.356 e. The second-order valence-corrected chi connectivity index (χ2v) is 4.12. The summed E-state index contributed by atoms with van der Waals surface area (Å²) in [7, 11) is 3.14. The number of nitrogens with zero attached hydrogens (tertiary/aromatic N) is 2. The van der Waals surface area contributed by atoms with E-state index in [1.165, 1.54) is 12.5 Å². The first-order valence-corrected chi connectivity index (χ1v) is 6.13. The minimum atomic E-state index is -1.11. The van der Waals surface area contributed by atoms with Crippen LogP contribution in [0.15, 0.2) is 30.7 Å². The van der Waals surface area contributed by atoms with E-state index in [0.29, 0.717) is 23.7 Å². The van der Waals surface area contributed by atoms with Crippen molar-refractivity contribution in [1.82, 2.24) is 9.97 Å². The predicted molar refractivity (Wildman–Crippen MR) is 75.9 cm³/mol. The molecule has 1 aromatic carbocycles. The van der Waals surface area contributed by atoms with Gasteiger partial charge in [-0.15, -0.1) is 0 Å². The number of hydrogen-bond acceptors (Lipinski definition) is 6. The van der Waals surface area contributed by atoms with Crippen LogP contribution in [0.2, 0.25) is 0 Å². The number of anilines is 1.